The predicted octanol–water partition coefficient (Wildman–Crippen LogP) is -10.7. The van der Waals surface area contributed by atoms with Crippen LogP contribution >= 0.6 is 25.3 Å². The molecule has 104 heavy (non-hydrogen) atoms. The monoisotopic (exact) mass is 1510 g/mol. The number of aromatic nitrogens is 1. The van der Waals surface area contributed by atoms with Crippen molar-refractivity contribution < 1.29 is 87.5 Å². The van der Waals surface area contributed by atoms with Crippen molar-refractivity contribution >= 4 is 137 Å². The normalized spacial score (nSPS) is 15.3. The van der Waals surface area contributed by atoms with Crippen LogP contribution in [-0.2, 0) is 73.5 Å². The summed E-state index contributed by atoms with van der Waals surface area (Å²) < 4.78 is 0. The fourth-order valence-electron chi connectivity index (χ4n) is 10.3. The molecule has 11 atom stereocenters. The molecule has 12 amide bonds. The Kier molecular flexibility index (Phi) is 39.2. The lowest BCUT2D eigenvalue weighted by Crippen LogP contribution is -2.60. The Balaban J connectivity index is 1.82. The third-order valence-electron chi connectivity index (χ3n) is 15.7. The van der Waals surface area contributed by atoms with Gasteiger partial charge in [0, 0.05) is 61.2 Å². The third kappa shape index (κ3) is 31.1. The van der Waals surface area contributed by atoms with Gasteiger partial charge in [-0.15, -0.1) is 0 Å². The minimum absolute atomic E-state index is 0.00558. The number of aliphatic carboxylic acids is 2. The molecule has 32 N–H and O–H groups in total. The number of carbonyl (C=O) groups excluding carboxylic acids is 12. The number of hydrogen-bond acceptors (Lipinski definition) is 23. The van der Waals surface area contributed by atoms with E-state index in [0.717, 1.165) is 10.9 Å². The number of carbonyl (C=O) groups is 14. The molecule has 0 saturated carbocycles. The largest absolute Gasteiger partial charge is 0.481 e. The van der Waals surface area contributed by atoms with Crippen LogP contribution in [0.15, 0.2) is 45.4 Å². The highest BCUT2D eigenvalue weighted by Crippen LogP contribution is 2.23. The first kappa shape index (κ1) is 87.9. The lowest BCUT2D eigenvalue weighted by atomic mass is 10.0. The van der Waals surface area contributed by atoms with E-state index in [9.17, 15) is 87.5 Å². The number of carboxylic acid groups (broad SMARTS) is 2. The summed E-state index contributed by atoms with van der Waals surface area (Å²) in [7, 11) is 0. The average Bonchev–Trinajstić information content (AvgIpc) is 1.64. The van der Waals surface area contributed by atoms with Gasteiger partial charge in [-0.1, -0.05) is 18.2 Å². The maximum absolute atomic E-state index is 14.4. The zero-order chi connectivity index (χ0) is 77.6. The first-order chi connectivity index (χ1) is 49.4. The molecule has 0 bridgehead atoms. The summed E-state index contributed by atoms with van der Waals surface area (Å²) in [5.41, 5.74) is 45.8. The zero-order valence-electron chi connectivity index (χ0n) is 57.0. The summed E-state index contributed by atoms with van der Waals surface area (Å²) in [5.74, 6) is -16.7. The standard InChI is InChI=1S/C60H98N24O18S2/c61-16-4-3-11-37(57(101)102)80-54(98)41(27-86)76-44(87)24-73-48(92)42(29-104)83-51(95)36(14-7-19-71-60(67)68)77-49(93)34(12-5-17-69-58(63)64)78-52(96)38(22-46(89)90)81-50(94)35(13-6-18-70-59(65)66)79-53(97)40(26-85)75-45(88)25-74-55(99)43-15-8-20-84(43)56(100)39(82-47(91)32(62)28-103)21-30-23-72-33-10-2-1-9-31(30)33/h1-2,9-10,23,32,34-43,72,85-86,103-104H,3-8,11-22,24-29,61-62H2,(H,73,92)(H,74,99)(H,75,88)(H,76,87)(H,77,93)(H,78,96)(H,79,97)(H,80,98)(H,81,94)(H,82,91)(H,83,95)(H,89,90)(H,101,102)(H4,63,64,69)(H4,65,66,70)(H4,67,68,71)/t32-,34-,35-,36-,37-,38-,39-,40-,41-,42-,43-/m0/s1. The third-order valence-corrected chi connectivity index (χ3v) is 16.5. The van der Waals surface area contributed by atoms with E-state index in [4.69, 9.17) is 45.9 Å². The van der Waals surface area contributed by atoms with Gasteiger partial charge >= 0.3 is 11.9 Å². The van der Waals surface area contributed by atoms with Crippen LogP contribution in [0.25, 0.3) is 10.9 Å². The van der Waals surface area contributed by atoms with Crippen LogP contribution < -0.4 is 104 Å². The summed E-state index contributed by atoms with van der Waals surface area (Å²) in [6.07, 6.45) is 0.715. The van der Waals surface area contributed by atoms with Gasteiger partial charge in [-0.3, -0.25) is 77.3 Å². The molecule has 3 rings (SSSR count). The average molecular weight is 1510 g/mol. The van der Waals surface area contributed by atoms with E-state index < -0.39 is 188 Å². The number of thiol groups is 2. The highest BCUT2D eigenvalue weighted by atomic mass is 32.1. The Hall–Kier alpha value is -10.3. The molecule has 1 aliphatic rings. The predicted molar refractivity (Wildman–Crippen MR) is 383 cm³/mol. The highest BCUT2D eigenvalue weighted by molar-refractivity contribution is 7.80. The number of nitrogens with zero attached hydrogens (tertiary/aromatic N) is 4. The van der Waals surface area contributed by atoms with E-state index >= 15 is 0 Å². The molecule has 0 spiro atoms. The summed E-state index contributed by atoms with van der Waals surface area (Å²) in [4.78, 5) is 204. The fraction of sp³-hybridized carbons (Fsp3) is 0.583. The molecular formula is C60H98N24O18S2. The van der Waals surface area contributed by atoms with Gasteiger partial charge in [0.2, 0.25) is 70.9 Å². The van der Waals surface area contributed by atoms with Crippen molar-refractivity contribution in [2.45, 2.75) is 150 Å². The number of guanidine groups is 3. The Morgan fingerprint density at radius 2 is 0.971 bits per heavy atom. The number of rotatable bonds is 48. The van der Waals surface area contributed by atoms with E-state index in [-0.39, 0.29) is 114 Å². The maximum atomic E-state index is 14.4. The van der Waals surface area contributed by atoms with E-state index in [1.165, 1.54) is 4.90 Å². The van der Waals surface area contributed by atoms with Gasteiger partial charge in [0.25, 0.3) is 0 Å². The number of aliphatic hydroxyl groups excluding tert-OH is 2. The number of aliphatic hydroxyl groups is 2. The zero-order valence-corrected chi connectivity index (χ0v) is 58.8. The van der Waals surface area contributed by atoms with Gasteiger partial charge in [-0.2, -0.15) is 25.3 Å². The van der Waals surface area contributed by atoms with Crippen LogP contribution in [0, 0.1) is 0 Å². The van der Waals surface area contributed by atoms with Crippen molar-refractivity contribution in [2.24, 2.45) is 60.8 Å². The molecule has 0 radical (unpaired) electrons. The van der Waals surface area contributed by atoms with Crippen molar-refractivity contribution in [2.75, 3.05) is 70.5 Å². The SMILES string of the molecule is NCCCC[C@H](NC(=O)[C@H](CO)NC(=O)CNC(=O)[C@H](CS)NC(=O)[C@H](CCCN=C(N)N)NC(=O)[C@H](CCCN=C(N)N)NC(=O)[C@H](CC(=O)O)NC(=O)[C@H](CCCN=C(N)N)NC(=O)[C@H](CO)NC(=O)CNC(=O)[C@@H]1CCCN1C(=O)[C@H](Cc1c[nH]c2ccccc12)NC(=O)[C@@H](N)CS)C(=O)O. The number of likely N-dealkylation sites (tertiary alicyclic amines) is 1. The smallest absolute Gasteiger partial charge is 0.326 e. The molecule has 0 unspecified atom stereocenters. The number of para-hydroxylation sites is 1. The Morgan fingerprint density at radius 3 is 1.43 bits per heavy atom. The molecule has 42 nitrogen and oxygen atoms in total. The second-order valence-corrected chi connectivity index (χ2v) is 24.5. The van der Waals surface area contributed by atoms with E-state index in [0.29, 0.717) is 24.8 Å². The van der Waals surface area contributed by atoms with E-state index in [1.807, 2.05) is 18.2 Å². The minimum atomic E-state index is -2.06. The van der Waals surface area contributed by atoms with Crippen molar-refractivity contribution in [3.05, 3.63) is 36.0 Å². The number of aromatic amines is 1. The van der Waals surface area contributed by atoms with Gasteiger partial charge in [0.1, 0.15) is 60.4 Å². The number of H-pyrrole nitrogens is 1. The van der Waals surface area contributed by atoms with Crippen molar-refractivity contribution in [1.29, 1.82) is 0 Å². The molecule has 44 heteroatoms. The summed E-state index contributed by atoms with van der Waals surface area (Å²) in [6, 6.07) is -9.61. The fourth-order valence-corrected chi connectivity index (χ4v) is 10.7. The first-order valence-electron chi connectivity index (χ1n) is 33.0. The number of benzene rings is 1. The molecular weight excluding hydrogens is 1410 g/mol. The topological polar surface area (TPSA) is 716 Å². The summed E-state index contributed by atoms with van der Waals surface area (Å²) in [5, 5.41) is 66.3. The van der Waals surface area contributed by atoms with Crippen LogP contribution in [0.3, 0.4) is 0 Å². The number of fused-ring (bicyclic) bond motifs is 1. The van der Waals surface area contributed by atoms with Crippen molar-refractivity contribution in [3.63, 3.8) is 0 Å². The van der Waals surface area contributed by atoms with E-state index in [1.54, 1.807) is 12.3 Å². The number of nitrogens with one attached hydrogen (secondary N) is 12. The number of hydrogen-bond donors (Lipinski definition) is 26. The van der Waals surface area contributed by atoms with Gasteiger partial charge in [0.05, 0.1) is 38.8 Å². The molecule has 1 aliphatic heterocycles. The quantitative estimate of drug-likeness (QED) is 0.0127. The Bertz CT molecular complexity index is 3370. The van der Waals surface area contributed by atoms with E-state index in [2.05, 4.69) is 104 Å². The number of amides is 12. The van der Waals surface area contributed by atoms with Gasteiger partial charge < -0.3 is 135 Å². The maximum Gasteiger partial charge on any atom is 0.326 e. The van der Waals surface area contributed by atoms with Crippen molar-refractivity contribution in [3.8, 4) is 0 Å². The molecule has 2 aromatic rings. The van der Waals surface area contributed by atoms with Crippen LogP contribution in [0.5, 0.6) is 0 Å². The first-order valence-corrected chi connectivity index (χ1v) is 34.3. The van der Waals surface area contributed by atoms with Gasteiger partial charge in [0.15, 0.2) is 17.9 Å². The van der Waals surface area contributed by atoms with Crippen LogP contribution in [0.2, 0.25) is 0 Å². The van der Waals surface area contributed by atoms with Gasteiger partial charge in [-0.05, 0) is 88.8 Å². The Morgan fingerprint density at radius 1 is 0.529 bits per heavy atom. The minimum Gasteiger partial charge on any atom is -0.481 e. The lowest BCUT2D eigenvalue weighted by molar-refractivity contribution is -0.143. The molecule has 578 valence electrons. The number of carboxylic acids is 2. The number of unbranched alkanes of at least 4 members (excludes halogenated alkanes) is 1. The van der Waals surface area contributed by atoms with Gasteiger partial charge in [-0.25, -0.2) is 4.79 Å². The lowest BCUT2D eigenvalue weighted by Gasteiger charge is -2.29. The van der Waals surface area contributed by atoms with Crippen LogP contribution in [0.4, 0.5) is 0 Å². The number of aliphatic imine (C=N–C) groups is 3. The molecule has 1 fully saturated rings. The Labute approximate surface area is 607 Å². The summed E-state index contributed by atoms with van der Waals surface area (Å²) >= 11 is 8.25. The second-order valence-electron chi connectivity index (χ2n) is 23.8. The molecule has 1 aromatic heterocycles. The molecule has 0 aliphatic carbocycles. The van der Waals surface area contributed by atoms with Crippen LogP contribution in [0.1, 0.15) is 82.6 Å². The summed E-state index contributed by atoms with van der Waals surface area (Å²) in [6.45, 7) is -3.77. The molecule has 1 aromatic carbocycles. The highest BCUT2D eigenvalue weighted by Gasteiger charge is 2.40. The second kappa shape index (κ2) is 46.3. The van der Waals surface area contributed by atoms with Crippen molar-refractivity contribution in [1.82, 2.24) is 68.4 Å². The molecule has 1 saturated heterocycles. The van der Waals surface area contributed by atoms with Crippen LogP contribution in [-0.4, -0.2) is 268 Å². The number of nitrogens with two attached hydrogens (primary N) is 8. The molecule has 2 heterocycles.